The van der Waals surface area contributed by atoms with Crippen molar-refractivity contribution in [2.24, 2.45) is 5.41 Å². The molecule has 2 atom stereocenters. The van der Waals surface area contributed by atoms with E-state index in [1.54, 1.807) is 11.1 Å². The van der Waals surface area contributed by atoms with E-state index in [0.29, 0.717) is 11.5 Å². The maximum absolute atomic E-state index is 3.73. The van der Waals surface area contributed by atoms with Crippen molar-refractivity contribution in [1.29, 1.82) is 0 Å². The van der Waals surface area contributed by atoms with Gasteiger partial charge in [-0.25, -0.2) is 0 Å². The Bertz CT molecular complexity index is 392. The van der Waals surface area contributed by atoms with E-state index in [9.17, 15) is 0 Å². The summed E-state index contributed by atoms with van der Waals surface area (Å²) in [5.74, 6) is 0.765. The lowest BCUT2D eigenvalue weighted by Crippen LogP contribution is -2.38. The van der Waals surface area contributed by atoms with Gasteiger partial charge in [0.05, 0.1) is 0 Å². The summed E-state index contributed by atoms with van der Waals surface area (Å²) in [4.78, 5) is 0. The average Bonchev–Trinajstić information content (AvgIpc) is 2.99. The highest BCUT2D eigenvalue weighted by Gasteiger charge is 2.42. The molecule has 0 aromatic heterocycles. The van der Waals surface area contributed by atoms with Crippen LogP contribution in [0, 0.1) is 5.41 Å². The van der Waals surface area contributed by atoms with Crippen LogP contribution in [0.3, 0.4) is 0 Å². The summed E-state index contributed by atoms with van der Waals surface area (Å²) < 4.78 is 0. The van der Waals surface area contributed by atoms with Crippen LogP contribution in [0.4, 0.5) is 0 Å². The summed E-state index contributed by atoms with van der Waals surface area (Å²) in [6, 6.07) is 9.54. The van der Waals surface area contributed by atoms with Crippen LogP contribution in [-0.4, -0.2) is 12.6 Å². The lowest BCUT2D eigenvalue weighted by Gasteiger charge is -2.32. The third kappa shape index (κ3) is 1.67. The molecule has 0 heterocycles. The number of fused-ring (bicyclic) bond motifs is 1. The Morgan fingerprint density at radius 2 is 2.12 bits per heavy atom. The Morgan fingerprint density at radius 1 is 1.38 bits per heavy atom. The fourth-order valence-electron chi connectivity index (χ4n) is 2.74. The van der Waals surface area contributed by atoms with Gasteiger partial charge in [-0.05, 0) is 42.7 Å². The highest BCUT2D eigenvalue weighted by Crippen LogP contribution is 2.48. The van der Waals surface area contributed by atoms with Gasteiger partial charge in [0.2, 0.25) is 0 Å². The maximum Gasteiger partial charge on any atom is 0.00927 e. The smallest absolute Gasteiger partial charge is 0.00927 e. The van der Waals surface area contributed by atoms with Gasteiger partial charge in [-0.2, -0.15) is 0 Å². The van der Waals surface area contributed by atoms with Crippen LogP contribution in [0.5, 0.6) is 0 Å². The minimum Gasteiger partial charge on any atom is -0.313 e. The Balaban J connectivity index is 1.55. The molecule has 2 unspecified atom stereocenters. The first kappa shape index (κ1) is 10.3. The van der Waals surface area contributed by atoms with E-state index >= 15 is 0 Å². The van der Waals surface area contributed by atoms with Crippen LogP contribution in [0.2, 0.25) is 0 Å². The molecule has 0 radical (unpaired) electrons. The molecule has 1 aromatic rings. The summed E-state index contributed by atoms with van der Waals surface area (Å²) in [6.07, 6.45) is 4.08. The molecule has 1 fully saturated rings. The predicted octanol–water partition coefficient (Wildman–Crippen LogP) is 3.10. The molecule has 1 nitrogen and oxygen atoms in total. The van der Waals surface area contributed by atoms with Crippen molar-refractivity contribution in [2.45, 2.75) is 45.1 Å². The Labute approximate surface area is 98.3 Å². The first-order chi connectivity index (χ1) is 7.69. The summed E-state index contributed by atoms with van der Waals surface area (Å²) >= 11 is 0. The minimum atomic E-state index is 0.600. The van der Waals surface area contributed by atoms with Gasteiger partial charge in [0, 0.05) is 18.5 Å². The van der Waals surface area contributed by atoms with E-state index < -0.39 is 0 Å². The van der Waals surface area contributed by atoms with E-state index in [2.05, 4.69) is 43.4 Å². The quantitative estimate of drug-likeness (QED) is 0.813. The fourth-order valence-corrected chi connectivity index (χ4v) is 2.74. The largest absolute Gasteiger partial charge is 0.313 e. The van der Waals surface area contributed by atoms with Crippen molar-refractivity contribution < 1.29 is 0 Å². The molecule has 0 bridgehead atoms. The Morgan fingerprint density at radius 3 is 2.81 bits per heavy atom. The van der Waals surface area contributed by atoms with Crippen LogP contribution in [0.1, 0.15) is 43.7 Å². The van der Waals surface area contributed by atoms with Gasteiger partial charge in [0.15, 0.2) is 0 Å². The molecule has 2 aliphatic carbocycles. The number of hydrogen-bond acceptors (Lipinski definition) is 1. The van der Waals surface area contributed by atoms with Crippen LogP contribution in [0.25, 0.3) is 0 Å². The zero-order chi connectivity index (χ0) is 11.2. The Kier molecular flexibility index (Phi) is 2.32. The van der Waals surface area contributed by atoms with Crippen molar-refractivity contribution in [3.63, 3.8) is 0 Å². The second-order valence-corrected chi connectivity index (χ2v) is 5.88. The molecule has 1 saturated carbocycles. The van der Waals surface area contributed by atoms with Crippen molar-refractivity contribution >= 4 is 0 Å². The standard InChI is InChI=1S/C15H21N/c1-11(15(2)7-8-15)16-10-13-9-12-5-3-4-6-14(12)13/h3-6,11,13,16H,7-10H2,1-2H3. The van der Waals surface area contributed by atoms with Crippen LogP contribution in [0.15, 0.2) is 24.3 Å². The van der Waals surface area contributed by atoms with E-state index in [4.69, 9.17) is 0 Å². The Hall–Kier alpha value is -0.820. The van der Waals surface area contributed by atoms with Gasteiger partial charge in [0.25, 0.3) is 0 Å². The van der Waals surface area contributed by atoms with Crippen molar-refractivity contribution in [3.8, 4) is 0 Å². The molecule has 1 heteroatoms. The highest BCUT2D eigenvalue weighted by atomic mass is 14.9. The van der Waals surface area contributed by atoms with Gasteiger partial charge in [0.1, 0.15) is 0 Å². The number of hydrogen-bond donors (Lipinski definition) is 1. The minimum absolute atomic E-state index is 0.600. The lowest BCUT2D eigenvalue weighted by molar-refractivity contribution is 0.363. The van der Waals surface area contributed by atoms with E-state index in [1.807, 2.05) is 0 Å². The molecular formula is C15H21N. The molecular weight excluding hydrogens is 194 g/mol. The van der Waals surface area contributed by atoms with E-state index in [0.717, 1.165) is 12.5 Å². The summed E-state index contributed by atoms with van der Waals surface area (Å²) in [7, 11) is 0. The molecule has 3 rings (SSSR count). The van der Waals surface area contributed by atoms with Crippen molar-refractivity contribution in [3.05, 3.63) is 35.4 Å². The van der Waals surface area contributed by atoms with Crippen LogP contribution in [-0.2, 0) is 6.42 Å². The average molecular weight is 215 g/mol. The van der Waals surface area contributed by atoms with Crippen molar-refractivity contribution in [1.82, 2.24) is 5.32 Å². The van der Waals surface area contributed by atoms with E-state index in [-0.39, 0.29) is 0 Å². The first-order valence-corrected chi connectivity index (χ1v) is 6.50. The number of nitrogens with one attached hydrogen (secondary N) is 1. The molecule has 0 saturated heterocycles. The third-order valence-corrected chi connectivity index (χ3v) is 4.72. The summed E-state index contributed by atoms with van der Waals surface area (Å²) in [5.41, 5.74) is 3.73. The number of benzene rings is 1. The van der Waals surface area contributed by atoms with E-state index in [1.165, 1.54) is 19.3 Å². The molecule has 2 aliphatic rings. The molecule has 86 valence electrons. The second-order valence-electron chi connectivity index (χ2n) is 5.88. The predicted molar refractivity (Wildman–Crippen MR) is 67.7 cm³/mol. The fraction of sp³-hybridized carbons (Fsp3) is 0.600. The first-order valence-electron chi connectivity index (χ1n) is 6.50. The molecule has 0 spiro atoms. The molecule has 0 amide bonds. The lowest BCUT2D eigenvalue weighted by atomic mass is 9.77. The molecule has 16 heavy (non-hydrogen) atoms. The van der Waals surface area contributed by atoms with Crippen molar-refractivity contribution in [2.75, 3.05) is 6.54 Å². The van der Waals surface area contributed by atoms with Gasteiger partial charge < -0.3 is 5.32 Å². The van der Waals surface area contributed by atoms with Crippen LogP contribution < -0.4 is 5.32 Å². The van der Waals surface area contributed by atoms with Gasteiger partial charge in [-0.15, -0.1) is 0 Å². The molecule has 1 N–H and O–H groups in total. The normalized spacial score (nSPS) is 26.8. The monoisotopic (exact) mass is 215 g/mol. The number of rotatable bonds is 4. The van der Waals surface area contributed by atoms with Crippen LogP contribution >= 0.6 is 0 Å². The van der Waals surface area contributed by atoms with Gasteiger partial charge in [-0.3, -0.25) is 0 Å². The zero-order valence-corrected chi connectivity index (χ0v) is 10.3. The second kappa shape index (κ2) is 3.59. The summed E-state index contributed by atoms with van der Waals surface area (Å²) in [5, 5.41) is 3.73. The SMILES string of the molecule is CC(NCC1Cc2ccccc21)C1(C)CC1. The maximum atomic E-state index is 3.73. The third-order valence-electron chi connectivity index (χ3n) is 4.72. The molecule has 0 aliphatic heterocycles. The molecule has 1 aromatic carbocycles. The highest BCUT2D eigenvalue weighted by molar-refractivity contribution is 5.40. The zero-order valence-electron chi connectivity index (χ0n) is 10.3. The topological polar surface area (TPSA) is 12.0 Å². The summed E-state index contributed by atoms with van der Waals surface area (Å²) in [6.45, 7) is 5.91. The van der Waals surface area contributed by atoms with Gasteiger partial charge in [-0.1, -0.05) is 31.2 Å². The van der Waals surface area contributed by atoms with Gasteiger partial charge >= 0.3 is 0 Å².